The minimum atomic E-state index is -0.815. The Bertz CT molecular complexity index is 1650. The van der Waals surface area contributed by atoms with Crippen LogP contribution in [0.2, 0.25) is 5.02 Å². The average molecular weight is 542 g/mol. The van der Waals surface area contributed by atoms with Gasteiger partial charge in [0.05, 0.1) is 11.2 Å². The van der Waals surface area contributed by atoms with Crippen LogP contribution in [-0.2, 0) is 16.0 Å². The highest BCUT2D eigenvalue weighted by atomic mass is 35.5. The number of amides is 2. The molecule has 3 aromatic carbocycles. The van der Waals surface area contributed by atoms with Gasteiger partial charge in [0.25, 0.3) is 5.91 Å². The quantitative estimate of drug-likeness (QED) is 0.244. The number of hydrogen-bond acceptors (Lipinski definition) is 8. The second kappa shape index (κ2) is 10.1. The maximum absolute atomic E-state index is 13.7. The lowest BCUT2D eigenvalue weighted by atomic mass is 9.91. The molecule has 12 heteroatoms. The SMILES string of the molecule is Nc1n[nH]c2cc(NC(=O)[C@@H]3c4ccccc4CCN3C(=O)/C=C/c3cc(Cl)ccc3N3C=NNN3)ccc12. The number of fused-ring (bicyclic) bond motifs is 2. The molecule has 0 saturated heterocycles. The molecular weight excluding hydrogens is 518 g/mol. The lowest BCUT2D eigenvalue weighted by Gasteiger charge is -2.35. The number of hydrazine groups is 2. The van der Waals surface area contributed by atoms with E-state index in [1.54, 1.807) is 52.7 Å². The van der Waals surface area contributed by atoms with Crippen LogP contribution in [0.1, 0.15) is 22.7 Å². The Hall–Kier alpha value is -4.87. The zero-order chi connectivity index (χ0) is 26.9. The Morgan fingerprint density at radius 1 is 1.13 bits per heavy atom. The summed E-state index contributed by atoms with van der Waals surface area (Å²) in [5, 5.41) is 16.7. The molecular formula is C27H24ClN9O2. The normalized spacial score (nSPS) is 16.5. The van der Waals surface area contributed by atoms with Crippen LogP contribution in [0, 0.1) is 0 Å². The van der Waals surface area contributed by atoms with Gasteiger partial charge in [0, 0.05) is 34.3 Å². The lowest BCUT2D eigenvalue weighted by molar-refractivity contribution is -0.135. The molecule has 3 heterocycles. The molecule has 11 nitrogen and oxygen atoms in total. The van der Waals surface area contributed by atoms with E-state index in [4.69, 9.17) is 17.3 Å². The van der Waals surface area contributed by atoms with Crippen LogP contribution in [0.5, 0.6) is 0 Å². The predicted octanol–water partition coefficient (Wildman–Crippen LogP) is 3.35. The Labute approximate surface area is 228 Å². The first-order valence-electron chi connectivity index (χ1n) is 12.2. The summed E-state index contributed by atoms with van der Waals surface area (Å²) in [5.74, 6) is -0.226. The summed E-state index contributed by atoms with van der Waals surface area (Å²) in [6.45, 7) is 0.390. The maximum Gasteiger partial charge on any atom is 0.251 e. The van der Waals surface area contributed by atoms with Crippen molar-refractivity contribution < 1.29 is 9.59 Å². The molecule has 0 spiro atoms. The van der Waals surface area contributed by atoms with Gasteiger partial charge in [0.2, 0.25) is 5.91 Å². The van der Waals surface area contributed by atoms with E-state index in [2.05, 4.69) is 31.7 Å². The molecule has 0 aliphatic carbocycles. The number of hydrazone groups is 1. The third kappa shape index (κ3) is 4.76. The summed E-state index contributed by atoms with van der Waals surface area (Å²) in [6, 6.07) is 17.5. The number of nitrogens with zero attached hydrogens (tertiary/aromatic N) is 4. The second-order valence-electron chi connectivity index (χ2n) is 9.12. The Morgan fingerprint density at radius 2 is 2.00 bits per heavy atom. The van der Waals surface area contributed by atoms with Crippen molar-refractivity contribution in [3.8, 4) is 0 Å². The van der Waals surface area contributed by atoms with Crippen molar-refractivity contribution in [2.45, 2.75) is 12.5 Å². The highest BCUT2D eigenvalue weighted by Crippen LogP contribution is 2.32. The fourth-order valence-electron chi connectivity index (χ4n) is 4.87. The number of nitrogens with one attached hydrogen (secondary N) is 4. The van der Waals surface area contributed by atoms with E-state index in [-0.39, 0.29) is 11.8 Å². The first kappa shape index (κ1) is 24.5. The molecule has 0 fully saturated rings. The molecule has 1 aromatic heterocycles. The van der Waals surface area contributed by atoms with E-state index in [1.807, 2.05) is 30.3 Å². The van der Waals surface area contributed by atoms with Gasteiger partial charge >= 0.3 is 0 Å². The number of aromatic nitrogens is 2. The first-order valence-corrected chi connectivity index (χ1v) is 12.6. The molecule has 2 aliphatic heterocycles. The van der Waals surface area contributed by atoms with Crippen molar-refractivity contribution in [2.24, 2.45) is 5.10 Å². The van der Waals surface area contributed by atoms with E-state index in [1.165, 1.54) is 6.08 Å². The van der Waals surface area contributed by atoms with Gasteiger partial charge in [-0.25, -0.2) is 10.5 Å². The van der Waals surface area contributed by atoms with E-state index in [9.17, 15) is 9.59 Å². The van der Waals surface area contributed by atoms with Crippen molar-refractivity contribution in [3.05, 3.63) is 88.5 Å². The van der Waals surface area contributed by atoms with E-state index >= 15 is 0 Å². The summed E-state index contributed by atoms with van der Waals surface area (Å²) in [7, 11) is 0. The number of nitrogen functional groups attached to an aromatic ring is 1. The summed E-state index contributed by atoms with van der Waals surface area (Å²) < 4.78 is 0. The third-order valence-corrected chi connectivity index (χ3v) is 6.97. The standard InChI is InChI=1S/C27H24ClN9O2/c28-18-6-9-23(37-15-30-34-35-37)17(13-18)5-10-24(38)36-12-11-16-3-1-2-4-20(16)25(36)27(39)31-19-7-8-21-22(14-19)32-33-26(21)29/h1-10,13-15,25,34-35H,11-12H2,(H,31,39)(H3,29,32,33)/b10-5+/t25-/m0/s1. The number of rotatable bonds is 5. The summed E-state index contributed by atoms with van der Waals surface area (Å²) >= 11 is 6.24. The van der Waals surface area contributed by atoms with Gasteiger partial charge in [0.15, 0.2) is 5.82 Å². The molecule has 0 radical (unpaired) electrons. The zero-order valence-corrected chi connectivity index (χ0v) is 21.3. The number of carbonyl (C=O) groups is 2. The molecule has 0 bridgehead atoms. The molecule has 6 N–H and O–H groups in total. The number of hydrogen-bond donors (Lipinski definition) is 5. The van der Waals surface area contributed by atoms with Gasteiger partial charge in [-0.2, -0.15) is 10.2 Å². The van der Waals surface area contributed by atoms with Crippen molar-refractivity contribution in [1.82, 2.24) is 26.2 Å². The average Bonchev–Trinajstić information content (AvgIpc) is 3.61. The van der Waals surface area contributed by atoms with Gasteiger partial charge in [-0.3, -0.25) is 14.7 Å². The van der Waals surface area contributed by atoms with Crippen LogP contribution in [0.4, 0.5) is 17.2 Å². The van der Waals surface area contributed by atoms with Crippen LogP contribution >= 0.6 is 11.6 Å². The maximum atomic E-state index is 13.7. The molecule has 2 amide bonds. The van der Waals surface area contributed by atoms with Gasteiger partial charge in [-0.1, -0.05) is 35.9 Å². The Kier molecular flexibility index (Phi) is 6.35. The third-order valence-electron chi connectivity index (χ3n) is 6.74. The number of carbonyl (C=O) groups excluding carboxylic acids is 2. The van der Waals surface area contributed by atoms with Gasteiger partial charge in [-0.05, 0) is 60.0 Å². The predicted molar refractivity (Wildman–Crippen MR) is 151 cm³/mol. The number of H-pyrrole nitrogens is 1. The number of nitrogens with two attached hydrogens (primary N) is 1. The van der Waals surface area contributed by atoms with E-state index < -0.39 is 6.04 Å². The Morgan fingerprint density at radius 3 is 2.85 bits per heavy atom. The lowest BCUT2D eigenvalue weighted by Crippen LogP contribution is -2.44. The van der Waals surface area contributed by atoms with E-state index in [0.717, 1.165) is 22.2 Å². The van der Waals surface area contributed by atoms with Crippen molar-refractivity contribution in [1.29, 1.82) is 0 Å². The van der Waals surface area contributed by atoms with Crippen LogP contribution in [0.15, 0.2) is 71.8 Å². The molecule has 39 heavy (non-hydrogen) atoms. The molecule has 6 rings (SSSR count). The fraction of sp³-hybridized carbons (Fsp3) is 0.111. The number of anilines is 3. The van der Waals surface area contributed by atoms with Crippen molar-refractivity contribution >= 4 is 63.9 Å². The highest BCUT2D eigenvalue weighted by molar-refractivity contribution is 6.30. The zero-order valence-electron chi connectivity index (χ0n) is 20.6. The molecule has 196 valence electrons. The molecule has 0 unspecified atom stereocenters. The summed E-state index contributed by atoms with van der Waals surface area (Å²) in [6.07, 6.45) is 5.35. The monoisotopic (exact) mass is 541 g/mol. The van der Waals surface area contributed by atoms with Gasteiger partial charge in [0.1, 0.15) is 12.4 Å². The minimum Gasteiger partial charge on any atom is -0.382 e. The molecule has 0 saturated carbocycles. The highest BCUT2D eigenvalue weighted by Gasteiger charge is 2.35. The Balaban J connectivity index is 1.29. The topological polar surface area (TPSA) is 144 Å². The van der Waals surface area contributed by atoms with Crippen LogP contribution in [0.25, 0.3) is 17.0 Å². The number of halogens is 1. The van der Waals surface area contributed by atoms with Crippen LogP contribution < -0.4 is 27.1 Å². The molecule has 4 aromatic rings. The van der Waals surface area contributed by atoms with Crippen LogP contribution in [0.3, 0.4) is 0 Å². The number of benzene rings is 3. The summed E-state index contributed by atoms with van der Waals surface area (Å²) in [5.41, 5.74) is 15.9. The first-order chi connectivity index (χ1) is 19.0. The van der Waals surface area contributed by atoms with E-state index in [0.29, 0.717) is 40.6 Å². The second-order valence-corrected chi connectivity index (χ2v) is 9.55. The number of aromatic amines is 1. The van der Waals surface area contributed by atoms with Gasteiger partial charge in [-0.15, -0.1) is 5.53 Å². The smallest absolute Gasteiger partial charge is 0.251 e. The van der Waals surface area contributed by atoms with Crippen molar-refractivity contribution in [2.75, 3.05) is 22.6 Å². The fourth-order valence-corrected chi connectivity index (χ4v) is 5.05. The van der Waals surface area contributed by atoms with Crippen LogP contribution in [-0.4, -0.2) is 39.8 Å². The molecule has 1 atom stereocenters. The summed E-state index contributed by atoms with van der Waals surface area (Å²) in [4.78, 5) is 28.9. The van der Waals surface area contributed by atoms with Gasteiger partial charge < -0.3 is 16.0 Å². The van der Waals surface area contributed by atoms with Crippen molar-refractivity contribution in [3.63, 3.8) is 0 Å². The largest absolute Gasteiger partial charge is 0.382 e. The minimum absolute atomic E-state index is 0.298. The molecule has 2 aliphatic rings.